The van der Waals surface area contributed by atoms with Crippen LogP contribution in [0, 0.1) is 0 Å². The number of hydrogen-bond acceptors (Lipinski definition) is 6. The molecule has 0 saturated carbocycles. The monoisotopic (exact) mass is 323 g/mol. The third-order valence-corrected chi connectivity index (χ3v) is 3.65. The summed E-state index contributed by atoms with van der Waals surface area (Å²) < 4.78 is 52.4. The highest BCUT2D eigenvalue weighted by molar-refractivity contribution is 7.91. The van der Waals surface area contributed by atoms with E-state index in [0.717, 1.165) is 7.11 Å². The van der Waals surface area contributed by atoms with Crippen molar-refractivity contribution in [3.05, 3.63) is 29.8 Å². The van der Waals surface area contributed by atoms with Gasteiger partial charge in [-0.1, -0.05) is 12.1 Å². The molecule has 1 aromatic rings. The van der Waals surface area contributed by atoms with E-state index in [4.69, 9.17) is 5.14 Å². The van der Waals surface area contributed by atoms with Crippen molar-refractivity contribution >= 4 is 32.0 Å². The lowest BCUT2D eigenvalue weighted by molar-refractivity contribution is 0.177. The fourth-order valence-corrected chi connectivity index (χ4v) is 2.69. The van der Waals surface area contributed by atoms with Crippen molar-refractivity contribution in [1.29, 1.82) is 0 Å². The van der Waals surface area contributed by atoms with Crippen LogP contribution in [0.25, 0.3) is 0 Å². The van der Waals surface area contributed by atoms with Gasteiger partial charge in [0.1, 0.15) is 0 Å². The van der Waals surface area contributed by atoms with Gasteiger partial charge in [-0.3, -0.25) is 4.72 Å². The maximum Gasteiger partial charge on any atom is 0.422 e. The highest BCUT2D eigenvalue weighted by Crippen LogP contribution is 2.12. The number of sulfonamides is 1. The molecule has 0 saturated heterocycles. The Bertz CT molecular complexity index is 681. The zero-order valence-corrected chi connectivity index (χ0v) is 12.0. The van der Waals surface area contributed by atoms with Gasteiger partial charge in [-0.25, -0.2) is 23.1 Å². The Labute approximate surface area is 116 Å². The molecule has 0 aromatic heterocycles. The van der Waals surface area contributed by atoms with Gasteiger partial charge in [0.25, 0.3) is 0 Å². The van der Waals surface area contributed by atoms with Crippen LogP contribution in [0.2, 0.25) is 0 Å². The maximum absolute atomic E-state index is 11.4. The smallest absolute Gasteiger partial charge is 0.422 e. The quantitative estimate of drug-likeness (QED) is 0.665. The zero-order chi connectivity index (χ0) is 15.4. The topological polar surface area (TPSA) is 145 Å². The Morgan fingerprint density at radius 1 is 1.20 bits per heavy atom. The third kappa shape index (κ3) is 5.86. The summed E-state index contributed by atoms with van der Waals surface area (Å²) in [6, 6.07) is 5.44. The number of anilines is 1. The van der Waals surface area contributed by atoms with Crippen LogP contribution in [0.15, 0.2) is 24.3 Å². The van der Waals surface area contributed by atoms with Crippen LogP contribution in [0.5, 0.6) is 0 Å². The van der Waals surface area contributed by atoms with Gasteiger partial charge >= 0.3 is 16.3 Å². The van der Waals surface area contributed by atoms with Gasteiger partial charge in [0.05, 0.1) is 18.6 Å². The van der Waals surface area contributed by atoms with E-state index in [9.17, 15) is 21.6 Å². The van der Waals surface area contributed by atoms with Gasteiger partial charge in [-0.15, -0.1) is 0 Å². The first-order chi connectivity index (χ1) is 9.11. The second-order valence-electron chi connectivity index (χ2n) is 3.70. The van der Waals surface area contributed by atoms with Crippen molar-refractivity contribution in [1.82, 2.24) is 4.72 Å². The minimum Gasteiger partial charge on any atom is -0.452 e. The van der Waals surface area contributed by atoms with Crippen molar-refractivity contribution in [2.24, 2.45) is 5.14 Å². The van der Waals surface area contributed by atoms with Gasteiger partial charge in [0.15, 0.2) is 0 Å². The van der Waals surface area contributed by atoms with Gasteiger partial charge in [0, 0.05) is 0 Å². The number of ether oxygens (including phenoxy) is 1. The Kier molecular flexibility index (Phi) is 4.92. The molecule has 112 valence electrons. The minimum absolute atomic E-state index is 0.138. The molecule has 0 aliphatic rings. The molecule has 0 aliphatic carbocycles. The highest BCUT2D eigenvalue weighted by atomic mass is 32.2. The average Bonchev–Trinajstić information content (AvgIpc) is 2.28. The molecule has 20 heavy (non-hydrogen) atoms. The number of carbonyl (C=O) groups is 1. The molecule has 11 heteroatoms. The Morgan fingerprint density at radius 2 is 1.75 bits per heavy atom. The van der Waals surface area contributed by atoms with Crippen LogP contribution in [-0.2, 0) is 30.7 Å². The van der Waals surface area contributed by atoms with E-state index in [0.29, 0.717) is 5.56 Å². The zero-order valence-electron chi connectivity index (χ0n) is 10.4. The Morgan fingerprint density at radius 3 is 2.20 bits per heavy atom. The first-order valence-electron chi connectivity index (χ1n) is 5.09. The summed E-state index contributed by atoms with van der Waals surface area (Å²) in [7, 11) is -6.75. The van der Waals surface area contributed by atoms with Crippen molar-refractivity contribution < 1.29 is 26.4 Å². The Hall–Kier alpha value is -1.85. The molecule has 0 radical (unpaired) electrons. The average molecular weight is 323 g/mol. The number of amides is 1. The number of nitrogens with two attached hydrogens (primary N) is 1. The van der Waals surface area contributed by atoms with E-state index in [2.05, 4.69) is 9.46 Å². The van der Waals surface area contributed by atoms with Gasteiger partial charge in [0.2, 0.25) is 10.0 Å². The molecule has 0 heterocycles. The molecular formula is C9H13N3O6S2. The summed E-state index contributed by atoms with van der Waals surface area (Å²) >= 11 is 0. The largest absolute Gasteiger partial charge is 0.452 e. The molecule has 4 N–H and O–H groups in total. The standard InChI is InChI=1S/C9H13N3O6S2/c1-18-9(13)12-20(16,17)11-8-4-2-7(3-5-8)6-19(10,14)15/h2-5,11H,6H2,1H3,(H,12,13)(H2,10,14,15). The van der Waals surface area contributed by atoms with Gasteiger partial charge in [-0.05, 0) is 17.7 Å². The first kappa shape index (κ1) is 16.2. The molecule has 1 rings (SSSR count). The third-order valence-electron chi connectivity index (χ3n) is 1.98. The van der Waals surface area contributed by atoms with Crippen LogP contribution in [0.4, 0.5) is 10.5 Å². The summed E-state index contributed by atoms with van der Waals surface area (Å²) in [5, 5.41) is 4.88. The number of hydrogen-bond donors (Lipinski definition) is 3. The minimum atomic E-state index is -4.11. The van der Waals surface area contributed by atoms with Crippen LogP contribution in [-0.4, -0.2) is 30.0 Å². The van der Waals surface area contributed by atoms with Gasteiger partial charge < -0.3 is 4.74 Å². The second-order valence-corrected chi connectivity index (χ2v) is 6.73. The maximum atomic E-state index is 11.4. The fourth-order valence-electron chi connectivity index (χ4n) is 1.23. The van der Waals surface area contributed by atoms with E-state index in [1.807, 2.05) is 0 Å². The lowest BCUT2D eigenvalue weighted by Crippen LogP contribution is -2.35. The van der Waals surface area contributed by atoms with Gasteiger partial charge in [-0.2, -0.15) is 8.42 Å². The molecule has 0 atom stereocenters. The summed E-state index contributed by atoms with van der Waals surface area (Å²) in [6.45, 7) is 0. The molecule has 0 spiro atoms. The van der Waals surface area contributed by atoms with Crippen LogP contribution in [0.1, 0.15) is 5.56 Å². The van der Waals surface area contributed by atoms with E-state index in [-0.39, 0.29) is 11.4 Å². The lowest BCUT2D eigenvalue weighted by atomic mass is 10.2. The SMILES string of the molecule is COC(=O)NS(=O)(=O)Nc1ccc(CS(N)(=O)=O)cc1. The predicted molar refractivity (Wildman–Crippen MR) is 71.3 cm³/mol. The Balaban J connectivity index is 2.77. The molecule has 0 bridgehead atoms. The van der Waals surface area contributed by atoms with E-state index < -0.39 is 26.3 Å². The summed E-state index contributed by atoms with van der Waals surface area (Å²) in [5.74, 6) is -0.361. The fraction of sp³-hybridized carbons (Fsp3) is 0.222. The molecule has 1 aromatic carbocycles. The van der Waals surface area contributed by atoms with Crippen molar-refractivity contribution in [3.8, 4) is 0 Å². The lowest BCUT2D eigenvalue weighted by Gasteiger charge is -2.08. The molecule has 9 nitrogen and oxygen atoms in total. The van der Waals surface area contributed by atoms with E-state index in [1.165, 1.54) is 24.3 Å². The number of methoxy groups -OCH3 is 1. The molecule has 1 amide bonds. The summed E-state index contributed by atoms with van der Waals surface area (Å²) in [5.41, 5.74) is 0.538. The van der Waals surface area contributed by atoms with Crippen LogP contribution < -0.4 is 14.6 Å². The number of benzene rings is 1. The molecular weight excluding hydrogens is 310 g/mol. The number of nitrogens with one attached hydrogen (secondary N) is 2. The van der Waals surface area contributed by atoms with Crippen molar-refractivity contribution in [3.63, 3.8) is 0 Å². The summed E-state index contributed by atoms with van der Waals surface area (Å²) in [6.07, 6.45) is -1.14. The van der Waals surface area contributed by atoms with Crippen LogP contribution in [0.3, 0.4) is 0 Å². The highest BCUT2D eigenvalue weighted by Gasteiger charge is 2.14. The number of primary sulfonamides is 1. The molecule has 0 unspecified atom stereocenters. The van der Waals surface area contributed by atoms with Crippen molar-refractivity contribution in [2.45, 2.75) is 5.75 Å². The predicted octanol–water partition coefficient (Wildman–Crippen LogP) is -0.512. The number of rotatable bonds is 5. The number of carbonyl (C=O) groups excluding carboxylic acids is 1. The van der Waals surface area contributed by atoms with E-state index in [1.54, 1.807) is 4.72 Å². The van der Waals surface area contributed by atoms with Crippen molar-refractivity contribution in [2.75, 3.05) is 11.8 Å². The van der Waals surface area contributed by atoms with Crippen LogP contribution >= 0.6 is 0 Å². The molecule has 0 aliphatic heterocycles. The van der Waals surface area contributed by atoms with E-state index >= 15 is 0 Å². The first-order valence-corrected chi connectivity index (χ1v) is 8.29. The summed E-state index contributed by atoms with van der Waals surface area (Å²) in [4.78, 5) is 10.8. The molecule has 0 fully saturated rings. The normalized spacial score (nSPS) is 11.7. The second kappa shape index (κ2) is 6.07.